The maximum absolute atomic E-state index is 13.0. The zero-order chi connectivity index (χ0) is 19.4. The first-order valence-electron chi connectivity index (χ1n) is 9.09. The van der Waals surface area contributed by atoms with E-state index in [1.54, 1.807) is 9.80 Å². The van der Waals surface area contributed by atoms with Crippen LogP contribution in [-0.4, -0.2) is 57.3 Å². The predicted octanol–water partition coefficient (Wildman–Crippen LogP) is 1.69. The van der Waals surface area contributed by atoms with E-state index in [9.17, 15) is 18.2 Å². The summed E-state index contributed by atoms with van der Waals surface area (Å²) in [7, 11) is -1.27. The van der Waals surface area contributed by atoms with Crippen LogP contribution in [0.15, 0.2) is 29.2 Å². The minimum atomic E-state index is -1.27. The number of carbonyl (C=O) groups excluding carboxylic acids is 2. The van der Waals surface area contributed by atoms with Crippen molar-refractivity contribution in [3.8, 4) is 6.07 Å². The van der Waals surface area contributed by atoms with Gasteiger partial charge in [0.25, 0.3) is 0 Å². The standard InChI is InChI=1S/C19H22FN3O3S/c20-15-1-3-16(4-2-15)27(26)17-8-12-23(13-17)19(25)14-6-10-22(11-7-14)18(24)5-9-21/h1-4,14,17H,5-8,10-13H2. The fourth-order valence-corrected chi connectivity index (χ4v) is 5.10. The fourth-order valence-electron chi connectivity index (χ4n) is 3.68. The lowest BCUT2D eigenvalue weighted by atomic mass is 9.95. The van der Waals surface area contributed by atoms with Gasteiger partial charge in [-0.05, 0) is 43.5 Å². The van der Waals surface area contributed by atoms with Crippen LogP contribution >= 0.6 is 0 Å². The van der Waals surface area contributed by atoms with Crippen molar-refractivity contribution in [1.29, 1.82) is 5.26 Å². The molecule has 1 aromatic carbocycles. The van der Waals surface area contributed by atoms with Gasteiger partial charge in [0.15, 0.2) is 0 Å². The summed E-state index contributed by atoms with van der Waals surface area (Å²) in [5.74, 6) is -0.618. The molecule has 0 saturated carbocycles. The number of hydrogen-bond acceptors (Lipinski definition) is 4. The highest BCUT2D eigenvalue weighted by Crippen LogP contribution is 2.25. The smallest absolute Gasteiger partial charge is 0.236 e. The molecule has 0 aromatic heterocycles. The van der Waals surface area contributed by atoms with Crippen molar-refractivity contribution in [3.05, 3.63) is 30.1 Å². The molecule has 6 nitrogen and oxygen atoms in total. The molecular weight excluding hydrogens is 369 g/mol. The van der Waals surface area contributed by atoms with Gasteiger partial charge in [-0.1, -0.05) is 0 Å². The van der Waals surface area contributed by atoms with Crippen LogP contribution in [0.2, 0.25) is 0 Å². The van der Waals surface area contributed by atoms with Crippen LogP contribution in [0.1, 0.15) is 25.7 Å². The highest BCUT2D eigenvalue weighted by Gasteiger charge is 2.35. The van der Waals surface area contributed by atoms with Crippen molar-refractivity contribution < 1.29 is 18.2 Å². The Balaban J connectivity index is 1.52. The van der Waals surface area contributed by atoms with E-state index in [4.69, 9.17) is 5.26 Å². The van der Waals surface area contributed by atoms with Crippen LogP contribution in [0.5, 0.6) is 0 Å². The summed E-state index contributed by atoms with van der Waals surface area (Å²) in [5.41, 5.74) is 0. The molecule has 2 heterocycles. The normalized spacial score (nSPS) is 21.7. The zero-order valence-electron chi connectivity index (χ0n) is 15.0. The molecule has 2 atom stereocenters. The second kappa shape index (κ2) is 8.61. The highest BCUT2D eigenvalue weighted by molar-refractivity contribution is 7.85. The Morgan fingerprint density at radius 3 is 2.37 bits per heavy atom. The number of nitriles is 1. The summed E-state index contributed by atoms with van der Waals surface area (Å²) >= 11 is 0. The minimum Gasteiger partial charge on any atom is -0.342 e. The third kappa shape index (κ3) is 4.53. The second-order valence-corrected chi connectivity index (χ2v) is 8.67. The summed E-state index contributed by atoms with van der Waals surface area (Å²) in [5, 5.41) is 8.47. The summed E-state index contributed by atoms with van der Waals surface area (Å²) < 4.78 is 25.7. The van der Waals surface area contributed by atoms with Gasteiger partial charge in [0.1, 0.15) is 12.2 Å². The average molecular weight is 391 g/mol. The van der Waals surface area contributed by atoms with Crippen molar-refractivity contribution in [2.75, 3.05) is 26.2 Å². The van der Waals surface area contributed by atoms with Crippen molar-refractivity contribution in [3.63, 3.8) is 0 Å². The molecule has 2 aliphatic heterocycles. The van der Waals surface area contributed by atoms with Crippen molar-refractivity contribution in [1.82, 2.24) is 9.80 Å². The monoisotopic (exact) mass is 391 g/mol. The molecular formula is C19H22FN3O3S. The van der Waals surface area contributed by atoms with Gasteiger partial charge in [-0.2, -0.15) is 5.26 Å². The summed E-state index contributed by atoms with van der Waals surface area (Å²) in [6.07, 6.45) is 1.73. The number of rotatable bonds is 4. The van der Waals surface area contributed by atoms with Gasteiger partial charge in [-0.3, -0.25) is 13.8 Å². The van der Waals surface area contributed by atoms with E-state index in [1.165, 1.54) is 24.3 Å². The van der Waals surface area contributed by atoms with Gasteiger partial charge in [0, 0.05) is 37.0 Å². The van der Waals surface area contributed by atoms with E-state index < -0.39 is 10.8 Å². The molecule has 144 valence electrons. The highest BCUT2D eigenvalue weighted by atomic mass is 32.2. The molecule has 2 aliphatic rings. The molecule has 8 heteroatoms. The van der Waals surface area contributed by atoms with Gasteiger partial charge in [0.2, 0.25) is 11.8 Å². The van der Waals surface area contributed by atoms with E-state index >= 15 is 0 Å². The van der Waals surface area contributed by atoms with E-state index in [2.05, 4.69) is 0 Å². The summed E-state index contributed by atoms with van der Waals surface area (Å²) in [4.78, 5) is 28.5. The number of benzene rings is 1. The molecule has 2 unspecified atom stereocenters. The lowest BCUT2D eigenvalue weighted by Gasteiger charge is -2.32. The lowest BCUT2D eigenvalue weighted by Crippen LogP contribution is -2.44. The number of hydrogen-bond donors (Lipinski definition) is 0. The van der Waals surface area contributed by atoms with Gasteiger partial charge < -0.3 is 9.80 Å². The van der Waals surface area contributed by atoms with Crippen LogP contribution in [0.3, 0.4) is 0 Å². The Kier molecular flexibility index (Phi) is 6.22. The van der Waals surface area contributed by atoms with Crippen LogP contribution in [-0.2, 0) is 20.4 Å². The molecule has 2 fully saturated rings. The maximum Gasteiger partial charge on any atom is 0.236 e. The summed E-state index contributed by atoms with van der Waals surface area (Å²) in [6.45, 7) is 2.01. The minimum absolute atomic E-state index is 0.0565. The second-order valence-electron chi connectivity index (χ2n) is 6.94. The third-order valence-corrected chi connectivity index (χ3v) is 6.96. The lowest BCUT2D eigenvalue weighted by molar-refractivity contribution is -0.139. The number of halogens is 1. The summed E-state index contributed by atoms with van der Waals surface area (Å²) in [6, 6.07) is 7.52. The Bertz CT molecular complexity index is 769. The molecule has 0 aliphatic carbocycles. The quantitative estimate of drug-likeness (QED) is 0.782. The number of carbonyl (C=O) groups is 2. The molecule has 2 amide bonds. The van der Waals surface area contributed by atoms with Crippen LogP contribution in [0.25, 0.3) is 0 Å². The fraction of sp³-hybridized carbons (Fsp3) is 0.526. The molecule has 1 aromatic rings. The predicted molar refractivity (Wildman–Crippen MR) is 97.3 cm³/mol. The third-order valence-electron chi connectivity index (χ3n) is 5.23. The Labute approximate surface area is 160 Å². The number of likely N-dealkylation sites (tertiary alicyclic amines) is 2. The Hall–Kier alpha value is -2.27. The van der Waals surface area contributed by atoms with Crippen LogP contribution in [0, 0.1) is 23.1 Å². The molecule has 0 N–H and O–H groups in total. The van der Waals surface area contributed by atoms with Crippen molar-refractivity contribution >= 4 is 22.6 Å². The van der Waals surface area contributed by atoms with E-state index in [1.807, 2.05) is 6.07 Å². The van der Waals surface area contributed by atoms with Crippen molar-refractivity contribution in [2.24, 2.45) is 5.92 Å². The van der Waals surface area contributed by atoms with Crippen LogP contribution < -0.4 is 0 Å². The van der Waals surface area contributed by atoms with Gasteiger partial charge in [-0.25, -0.2) is 4.39 Å². The topological polar surface area (TPSA) is 81.5 Å². The van der Waals surface area contributed by atoms with Gasteiger partial charge in [-0.15, -0.1) is 0 Å². The zero-order valence-corrected chi connectivity index (χ0v) is 15.8. The molecule has 0 bridgehead atoms. The Morgan fingerprint density at radius 1 is 1.11 bits per heavy atom. The number of nitrogens with zero attached hydrogens (tertiary/aromatic N) is 3. The first-order chi connectivity index (χ1) is 13.0. The van der Waals surface area contributed by atoms with E-state index in [-0.39, 0.29) is 35.2 Å². The van der Waals surface area contributed by atoms with Crippen molar-refractivity contribution in [2.45, 2.75) is 35.8 Å². The number of piperidine rings is 1. The molecule has 27 heavy (non-hydrogen) atoms. The van der Waals surface area contributed by atoms with E-state index in [0.29, 0.717) is 50.3 Å². The SMILES string of the molecule is N#CCC(=O)N1CCC(C(=O)N2CCC(S(=O)c3ccc(F)cc3)C2)CC1. The van der Waals surface area contributed by atoms with E-state index in [0.717, 1.165) is 0 Å². The van der Waals surface area contributed by atoms with Crippen LogP contribution in [0.4, 0.5) is 4.39 Å². The average Bonchev–Trinajstić information content (AvgIpc) is 3.18. The van der Waals surface area contributed by atoms with Gasteiger partial charge >= 0.3 is 0 Å². The van der Waals surface area contributed by atoms with Gasteiger partial charge in [0.05, 0.1) is 22.1 Å². The molecule has 2 saturated heterocycles. The molecule has 0 radical (unpaired) electrons. The first-order valence-corrected chi connectivity index (χ1v) is 10.3. The number of amides is 2. The largest absolute Gasteiger partial charge is 0.342 e. The Morgan fingerprint density at radius 2 is 1.74 bits per heavy atom. The maximum atomic E-state index is 13.0. The molecule has 0 spiro atoms. The molecule has 3 rings (SSSR count). The first kappa shape index (κ1) is 19.5.